The fraction of sp³-hybridized carbons (Fsp3) is 1.00. The quantitative estimate of drug-likeness (QED) is 0.501. The Morgan fingerprint density at radius 1 is 0.826 bits per heavy atom. The molecule has 0 saturated carbocycles. The van der Waals surface area contributed by atoms with E-state index < -0.39 is 0 Å². The zero-order valence-corrected chi connectivity index (χ0v) is 16.8. The second-order valence-corrected chi connectivity index (χ2v) is 9.61. The molecule has 1 rings (SSSR count). The first kappa shape index (κ1) is 21.0. The smallest absolute Gasteiger partial charge is 0.00631 e. The van der Waals surface area contributed by atoms with Crippen LogP contribution in [-0.4, -0.2) is 30.6 Å². The summed E-state index contributed by atoms with van der Waals surface area (Å²) in [5, 5.41) is 0. The van der Waals surface area contributed by atoms with E-state index in [0.717, 1.165) is 0 Å². The average Bonchev–Trinajstić information content (AvgIpc) is 2.45. The van der Waals surface area contributed by atoms with E-state index in [2.05, 4.69) is 39.5 Å². The molecule has 2 heteroatoms. The highest BCUT2D eigenvalue weighted by Gasteiger charge is 2.25. The lowest BCUT2D eigenvalue weighted by Gasteiger charge is -2.37. The predicted molar refractivity (Wildman–Crippen MR) is 104 cm³/mol. The van der Waals surface area contributed by atoms with Crippen LogP contribution in [0.2, 0.25) is 0 Å². The van der Waals surface area contributed by atoms with Gasteiger partial charge in [0.05, 0.1) is 0 Å². The molecule has 138 valence electrons. The minimum absolute atomic E-state index is 0.444. The van der Waals surface area contributed by atoms with E-state index in [0.29, 0.717) is 16.9 Å². The van der Waals surface area contributed by atoms with Crippen LogP contribution >= 0.6 is 0 Å². The summed E-state index contributed by atoms with van der Waals surface area (Å²) < 4.78 is 0. The van der Waals surface area contributed by atoms with Crippen molar-refractivity contribution < 1.29 is 0 Å². The van der Waals surface area contributed by atoms with Gasteiger partial charge in [0, 0.05) is 12.6 Å². The van der Waals surface area contributed by atoms with Crippen LogP contribution in [0.25, 0.3) is 0 Å². The molecule has 0 atom stereocenters. The van der Waals surface area contributed by atoms with E-state index in [-0.39, 0.29) is 0 Å². The summed E-state index contributed by atoms with van der Waals surface area (Å²) in [6, 6.07) is 0.447. The number of unbranched alkanes of at least 4 members (excludes halogenated alkanes) is 3. The maximum absolute atomic E-state index is 6.02. The maximum Gasteiger partial charge on any atom is 0.00631 e. The molecule has 0 bridgehead atoms. The molecule has 23 heavy (non-hydrogen) atoms. The highest BCUT2D eigenvalue weighted by Crippen LogP contribution is 2.33. The van der Waals surface area contributed by atoms with Crippen LogP contribution in [0.5, 0.6) is 0 Å². The first-order valence-electron chi connectivity index (χ1n) is 10.2. The SMILES string of the molecule is CCCCCCC(C)(C)CCCC(C)(C)CN1CCC(N)CC1. The highest BCUT2D eigenvalue weighted by molar-refractivity contribution is 4.80. The third kappa shape index (κ3) is 9.72. The van der Waals surface area contributed by atoms with Gasteiger partial charge in [-0.3, -0.25) is 0 Å². The summed E-state index contributed by atoms with van der Waals surface area (Å²) in [5.41, 5.74) is 6.99. The second kappa shape index (κ2) is 10.0. The van der Waals surface area contributed by atoms with E-state index in [1.54, 1.807) is 0 Å². The highest BCUT2D eigenvalue weighted by atomic mass is 15.1. The van der Waals surface area contributed by atoms with Crippen molar-refractivity contribution in [3.8, 4) is 0 Å². The largest absolute Gasteiger partial charge is 0.328 e. The number of rotatable bonds is 11. The van der Waals surface area contributed by atoms with Crippen molar-refractivity contribution >= 4 is 0 Å². The fourth-order valence-electron chi connectivity index (χ4n) is 4.00. The van der Waals surface area contributed by atoms with Gasteiger partial charge in [-0.1, -0.05) is 66.7 Å². The molecular weight excluding hydrogens is 280 g/mol. The van der Waals surface area contributed by atoms with Crippen LogP contribution in [0.1, 0.15) is 98.8 Å². The van der Waals surface area contributed by atoms with Crippen molar-refractivity contribution in [3.63, 3.8) is 0 Å². The lowest BCUT2D eigenvalue weighted by molar-refractivity contribution is 0.132. The molecule has 0 spiro atoms. The van der Waals surface area contributed by atoms with Gasteiger partial charge in [-0.25, -0.2) is 0 Å². The molecule has 2 nitrogen and oxygen atoms in total. The third-order valence-corrected chi connectivity index (χ3v) is 5.70. The Hall–Kier alpha value is -0.0800. The molecule has 0 radical (unpaired) electrons. The van der Waals surface area contributed by atoms with Crippen molar-refractivity contribution in [2.75, 3.05) is 19.6 Å². The van der Waals surface area contributed by atoms with E-state index in [1.807, 2.05) is 0 Å². The van der Waals surface area contributed by atoms with E-state index in [4.69, 9.17) is 5.73 Å². The molecule has 0 aromatic heterocycles. The Balaban J connectivity index is 2.21. The Morgan fingerprint density at radius 3 is 2.00 bits per heavy atom. The van der Waals surface area contributed by atoms with Gasteiger partial charge in [0.15, 0.2) is 0 Å². The van der Waals surface area contributed by atoms with Crippen LogP contribution in [0.15, 0.2) is 0 Å². The summed E-state index contributed by atoms with van der Waals surface area (Å²) in [6.45, 7) is 15.8. The monoisotopic (exact) mass is 324 g/mol. The normalized spacial score (nSPS) is 18.5. The van der Waals surface area contributed by atoms with E-state index in [1.165, 1.54) is 83.8 Å². The molecule has 1 aliphatic rings. The number of hydrogen-bond acceptors (Lipinski definition) is 2. The van der Waals surface area contributed by atoms with Gasteiger partial charge < -0.3 is 10.6 Å². The third-order valence-electron chi connectivity index (χ3n) is 5.70. The lowest BCUT2D eigenvalue weighted by Crippen LogP contribution is -2.43. The van der Waals surface area contributed by atoms with Crippen LogP contribution in [0.3, 0.4) is 0 Å². The summed E-state index contributed by atoms with van der Waals surface area (Å²) >= 11 is 0. The molecule has 1 aliphatic heterocycles. The summed E-state index contributed by atoms with van der Waals surface area (Å²) in [5.74, 6) is 0. The first-order valence-corrected chi connectivity index (χ1v) is 10.2. The molecular formula is C21H44N2. The zero-order chi connectivity index (χ0) is 17.3. The molecule has 1 fully saturated rings. The van der Waals surface area contributed by atoms with Crippen LogP contribution in [-0.2, 0) is 0 Å². The number of nitrogens with zero attached hydrogens (tertiary/aromatic N) is 1. The van der Waals surface area contributed by atoms with Crippen molar-refractivity contribution in [1.82, 2.24) is 4.90 Å². The van der Waals surface area contributed by atoms with Crippen LogP contribution in [0, 0.1) is 10.8 Å². The Kier molecular flexibility index (Phi) is 9.15. The lowest BCUT2D eigenvalue weighted by atomic mass is 9.78. The predicted octanol–water partition coefficient (Wildman–Crippen LogP) is 5.60. The van der Waals surface area contributed by atoms with Gasteiger partial charge in [-0.15, -0.1) is 0 Å². The van der Waals surface area contributed by atoms with Crippen molar-refractivity contribution in [2.45, 2.75) is 105 Å². The molecule has 0 unspecified atom stereocenters. The molecule has 0 aromatic carbocycles. The summed E-state index contributed by atoms with van der Waals surface area (Å²) in [6.07, 6.45) is 13.5. The van der Waals surface area contributed by atoms with Crippen molar-refractivity contribution in [3.05, 3.63) is 0 Å². The molecule has 0 amide bonds. The zero-order valence-electron chi connectivity index (χ0n) is 16.8. The number of nitrogens with two attached hydrogens (primary N) is 1. The number of likely N-dealkylation sites (tertiary alicyclic amines) is 1. The van der Waals surface area contributed by atoms with Gasteiger partial charge in [-0.2, -0.15) is 0 Å². The Bertz CT molecular complexity index is 301. The average molecular weight is 325 g/mol. The Morgan fingerprint density at radius 2 is 1.39 bits per heavy atom. The maximum atomic E-state index is 6.02. The molecule has 1 saturated heterocycles. The molecule has 0 aliphatic carbocycles. The van der Waals surface area contributed by atoms with Crippen molar-refractivity contribution in [1.29, 1.82) is 0 Å². The minimum Gasteiger partial charge on any atom is -0.328 e. The standard InChI is InChI=1S/C21H44N2/c1-6-7-8-9-13-20(2,3)14-10-15-21(4,5)18-23-16-11-19(22)12-17-23/h19H,6-18,22H2,1-5H3. The summed E-state index contributed by atoms with van der Waals surface area (Å²) in [4.78, 5) is 2.64. The van der Waals surface area contributed by atoms with Gasteiger partial charge in [0.25, 0.3) is 0 Å². The second-order valence-electron chi connectivity index (χ2n) is 9.61. The fourth-order valence-corrected chi connectivity index (χ4v) is 4.00. The molecule has 0 aromatic rings. The van der Waals surface area contributed by atoms with Gasteiger partial charge in [0.1, 0.15) is 0 Å². The van der Waals surface area contributed by atoms with Crippen LogP contribution < -0.4 is 5.73 Å². The van der Waals surface area contributed by atoms with Crippen LogP contribution in [0.4, 0.5) is 0 Å². The topological polar surface area (TPSA) is 29.3 Å². The number of piperidine rings is 1. The first-order chi connectivity index (χ1) is 10.7. The minimum atomic E-state index is 0.444. The van der Waals surface area contributed by atoms with Crippen molar-refractivity contribution in [2.24, 2.45) is 16.6 Å². The number of hydrogen-bond donors (Lipinski definition) is 1. The summed E-state index contributed by atoms with van der Waals surface area (Å²) in [7, 11) is 0. The van der Waals surface area contributed by atoms with E-state index >= 15 is 0 Å². The van der Waals surface area contributed by atoms with Gasteiger partial charge in [0.2, 0.25) is 0 Å². The van der Waals surface area contributed by atoms with Gasteiger partial charge >= 0.3 is 0 Å². The van der Waals surface area contributed by atoms with E-state index in [9.17, 15) is 0 Å². The Labute approximate surface area is 146 Å². The molecule has 1 heterocycles. The van der Waals surface area contributed by atoms with Gasteiger partial charge in [-0.05, 0) is 56.0 Å². The molecule has 2 N–H and O–H groups in total.